The molecule has 1 atom stereocenters. The maximum atomic E-state index is 12.6. The normalized spacial score (nSPS) is 17.8. The molecule has 8 heteroatoms. The van der Waals surface area contributed by atoms with Crippen LogP contribution in [0.1, 0.15) is 23.2 Å². The van der Waals surface area contributed by atoms with Crippen LogP contribution in [0, 0.1) is 10.1 Å². The van der Waals surface area contributed by atoms with Gasteiger partial charge in [0.2, 0.25) is 0 Å². The summed E-state index contributed by atoms with van der Waals surface area (Å²) in [6.07, 6.45) is 2.52. The number of benzene rings is 1. The number of carbonyl (C=O) groups is 2. The number of fused-ring (bicyclic) bond motifs is 1. The Labute approximate surface area is 124 Å². The van der Waals surface area contributed by atoms with Crippen molar-refractivity contribution in [3.05, 3.63) is 40.1 Å². The molecule has 8 nitrogen and oxygen atoms in total. The van der Waals surface area contributed by atoms with E-state index < -0.39 is 22.8 Å². The van der Waals surface area contributed by atoms with Gasteiger partial charge < -0.3 is 15.0 Å². The number of nitro groups is 1. The second-order valence-electron chi connectivity index (χ2n) is 5.18. The van der Waals surface area contributed by atoms with Gasteiger partial charge >= 0.3 is 5.97 Å². The van der Waals surface area contributed by atoms with Crippen LogP contribution in [0.5, 0.6) is 0 Å². The minimum absolute atomic E-state index is 0.114. The molecule has 1 saturated heterocycles. The third kappa shape index (κ3) is 2.18. The topological polar surface area (TPSA) is 117 Å². The summed E-state index contributed by atoms with van der Waals surface area (Å²) in [4.78, 5) is 38.3. The van der Waals surface area contributed by atoms with Crippen molar-refractivity contribution in [3.8, 4) is 0 Å². The maximum Gasteiger partial charge on any atom is 0.326 e. The average Bonchev–Trinajstić information content (AvgIpc) is 3.12. The van der Waals surface area contributed by atoms with Gasteiger partial charge in [-0.25, -0.2) is 4.79 Å². The van der Waals surface area contributed by atoms with Gasteiger partial charge in [0.15, 0.2) is 0 Å². The monoisotopic (exact) mass is 303 g/mol. The first-order valence-corrected chi connectivity index (χ1v) is 6.78. The van der Waals surface area contributed by atoms with Crippen LogP contribution in [0.3, 0.4) is 0 Å². The van der Waals surface area contributed by atoms with E-state index in [0.29, 0.717) is 30.3 Å². The number of nitrogens with one attached hydrogen (secondary N) is 1. The minimum Gasteiger partial charge on any atom is -0.480 e. The number of H-pyrrole nitrogens is 1. The van der Waals surface area contributed by atoms with E-state index >= 15 is 0 Å². The third-order valence-electron chi connectivity index (χ3n) is 3.91. The van der Waals surface area contributed by atoms with Crippen LogP contribution in [-0.4, -0.2) is 44.4 Å². The quantitative estimate of drug-likeness (QED) is 0.662. The number of aromatic nitrogens is 1. The van der Waals surface area contributed by atoms with Crippen LogP contribution in [0.2, 0.25) is 0 Å². The number of carbonyl (C=O) groups excluding carboxylic acids is 1. The second kappa shape index (κ2) is 5.14. The number of nitro benzene ring substituents is 1. The highest BCUT2D eigenvalue weighted by atomic mass is 16.6. The Morgan fingerprint density at radius 1 is 1.41 bits per heavy atom. The van der Waals surface area contributed by atoms with Gasteiger partial charge in [-0.3, -0.25) is 14.9 Å². The van der Waals surface area contributed by atoms with Crippen molar-refractivity contribution < 1.29 is 19.6 Å². The smallest absolute Gasteiger partial charge is 0.326 e. The van der Waals surface area contributed by atoms with Crippen molar-refractivity contribution >= 4 is 28.5 Å². The van der Waals surface area contributed by atoms with Gasteiger partial charge in [0, 0.05) is 35.8 Å². The molecule has 0 radical (unpaired) electrons. The van der Waals surface area contributed by atoms with Crippen LogP contribution in [0.15, 0.2) is 24.4 Å². The first kappa shape index (κ1) is 14.1. The summed E-state index contributed by atoms with van der Waals surface area (Å²) in [7, 11) is 0. The maximum absolute atomic E-state index is 12.6. The zero-order valence-electron chi connectivity index (χ0n) is 11.5. The van der Waals surface area contributed by atoms with Crippen LogP contribution < -0.4 is 0 Å². The van der Waals surface area contributed by atoms with Crippen molar-refractivity contribution in [2.75, 3.05) is 6.54 Å². The summed E-state index contributed by atoms with van der Waals surface area (Å²) in [5, 5.41) is 20.5. The van der Waals surface area contributed by atoms with E-state index in [0.717, 1.165) is 0 Å². The fraction of sp³-hybridized carbons (Fsp3) is 0.286. The number of hydrogen-bond donors (Lipinski definition) is 2. The molecule has 1 aromatic heterocycles. The van der Waals surface area contributed by atoms with Gasteiger partial charge in [0.25, 0.3) is 11.6 Å². The number of aliphatic carboxylic acids is 1. The molecule has 1 amide bonds. The number of hydrogen-bond acceptors (Lipinski definition) is 4. The molecule has 1 aliphatic rings. The molecular formula is C14H13N3O5. The van der Waals surface area contributed by atoms with Crippen molar-refractivity contribution in [1.29, 1.82) is 0 Å². The Hall–Kier alpha value is -2.90. The highest BCUT2D eigenvalue weighted by molar-refractivity contribution is 6.08. The Morgan fingerprint density at radius 3 is 2.86 bits per heavy atom. The highest BCUT2D eigenvalue weighted by Gasteiger charge is 2.35. The number of nitrogens with zero attached hydrogens (tertiary/aromatic N) is 2. The lowest BCUT2D eigenvalue weighted by molar-refractivity contribution is -0.384. The number of aromatic amines is 1. The molecule has 2 aromatic rings. The first-order valence-electron chi connectivity index (χ1n) is 6.78. The molecule has 0 bridgehead atoms. The van der Waals surface area contributed by atoms with Crippen molar-refractivity contribution in [3.63, 3.8) is 0 Å². The van der Waals surface area contributed by atoms with Gasteiger partial charge in [-0.05, 0) is 18.9 Å². The Kier molecular flexibility index (Phi) is 3.28. The molecule has 1 fully saturated rings. The van der Waals surface area contributed by atoms with Crippen LogP contribution in [0.25, 0.3) is 10.9 Å². The third-order valence-corrected chi connectivity index (χ3v) is 3.91. The van der Waals surface area contributed by atoms with E-state index in [1.165, 1.54) is 29.3 Å². The Morgan fingerprint density at radius 2 is 2.18 bits per heavy atom. The molecule has 1 aliphatic heterocycles. The van der Waals surface area contributed by atoms with Gasteiger partial charge in [0.05, 0.1) is 10.5 Å². The molecule has 1 unspecified atom stereocenters. The van der Waals surface area contributed by atoms with Gasteiger partial charge in [-0.2, -0.15) is 0 Å². The van der Waals surface area contributed by atoms with E-state index in [4.69, 9.17) is 5.11 Å². The Balaban J connectivity index is 2.02. The number of carboxylic acid groups (broad SMARTS) is 1. The number of non-ortho nitro benzene ring substituents is 1. The predicted molar refractivity (Wildman–Crippen MR) is 76.6 cm³/mol. The molecule has 2 N–H and O–H groups in total. The summed E-state index contributed by atoms with van der Waals surface area (Å²) in [6, 6.07) is 3.37. The summed E-state index contributed by atoms with van der Waals surface area (Å²) in [6.45, 7) is 0.372. The highest BCUT2D eigenvalue weighted by Crippen LogP contribution is 2.27. The van der Waals surface area contributed by atoms with Crippen molar-refractivity contribution in [1.82, 2.24) is 9.88 Å². The number of likely N-dealkylation sites (tertiary alicyclic amines) is 1. The number of carboxylic acids is 1. The minimum atomic E-state index is -1.03. The molecule has 0 aliphatic carbocycles. The van der Waals surface area contributed by atoms with Crippen LogP contribution in [0.4, 0.5) is 5.69 Å². The molecule has 3 rings (SSSR count). The van der Waals surface area contributed by atoms with E-state index in [-0.39, 0.29) is 11.3 Å². The van der Waals surface area contributed by atoms with Crippen LogP contribution >= 0.6 is 0 Å². The van der Waals surface area contributed by atoms with E-state index in [1.807, 2.05) is 0 Å². The molecule has 0 saturated carbocycles. The van der Waals surface area contributed by atoms with E-state index in [2.05, 4.69) is 4.98 Å². The van der Waals surface area contributed by atoms with Gasteiger partial charge in [-0.1, -0.05) is 0 Å². The predicted octanol–water partition coefficient (Wildman–Crippen LogP) is 1.77. The lowest BCUT2D eigenvalue weighted by atomic mass is 10.1. The fourth-order valence-corrected chi connectivity index (χ4v) is 2.82. The van der Waals surface area contributed by atoms with Crippen molar-refractivity contribution in [2.24, 2.45) is 0 Å². The van der Waals surface area contributed by atoms with Crippen LogP contribution in [-0.2, 0) is 4.79 Å². The first-order chi connectivity index (χ1) is 10.5. The SMILES string of the molecule is O=C(O)C1CCCN1C(=O)c1c[nH]c2ccc([N+](=O)[O-])cc12. The summed E-state index contributed by atoms with van der Waals surface area (Å²) in [5.74, 6) is -1.45. The zero-order chi connectivity index (χ0) is 15.9. The second-order valence-corrected chi connectivity index (χ2v) is 5.18. The molecule has 1 aromatic carbocycles. The average molecular weight is 303 g/mol. The number of rotatable bonds is 3. The summed E-state index contributed by atoms with van der Waals surface area (Å²) in [5.41, 5.74) is 0.740. The Bertz CT molecular complexity index is 782. The van der Waals surface area contributed by atoms with Gasteiger partial charge in [-0.15, -0.1) is 0 Å². The molecule has 2 heterocycles. The number of amides is 1. The van der Waals surface area contributed by atoms with E-state index in [9.17, 15) is 19.7 Å². The lowest BCUT2D eigenvalue weighted by Gasteiger charge is -2.20. The standard InChI is InChI=1S/C14H13N3O5/c18-13(16-5-1-2-12(16)14(19)20)10-7-15-11-4-3-8(17(21)22)6-9(10)11/h3-4,6-7,12,15H,1-2,5H2,(H,19,20). The molecule has 114 valence electrons. The summed E-state index contributed by atoms with van der Waals surface area (Å²) >= 11 is 0. The molecular weight excluding hydrogens is 290 g/mol. The molecule has 22 heavy (non-hydrogen) atoms. The zero-order valence-corrected chi connectivity index (χ0v) is 11.5. The molecule has 0 spiro atoms. The van der Waals surface area contributed by atoms with E-state index in [1.54, 1.807) is 0 Å². The largest absolute Gasteiger partial charge is 0.480 e. The van der Waals surface area contributed by atoms with Gasteiger partial charge in [0.1, 0.15) is 6.04 Å². The summed E-state index contributed by atoms with van der Waals surface area (Å²) < 4.78 is 0. The van der Waals surface area contributed by atoms with Crippen molar-refractivity contribution in [2.45, 2.75) is 18.9 Å². The lowest BCUT2D eigenvalue weighted by Crippen LogP contribution is -2.40. The fourth-order valence-electron chi connectivity index (χ4n) is 2.82.